The Morgan fingerprint density at radius 3 is 2.48 bits per heavy atom. The molecule has 1 amide bonds. The Morgan fingerprint density at radius 1 is 1.12 bits per heavy atom. The third kappa shape index (κ3) is 3.72. The number of piperazine rings is 1. The number of hydrogen-bond acceptors (Lipinski definition) is 3. The van der Waals surface area contributed by atoms with Crippen LogP contribution in [0.3, 0.4) is 0 Å². The van der Waals surface area contributed by atoms with Crippen molar-refractivity contribution in [3.8, 4) is 0 Å². The summed E-state index contributed by atoms with van der Waals surface area (Å²) >= 11 is 0. The molecular formula is C16H17F2N3O3S. The number of carbonyl (C=O) groups is 1. The molecule has 0 radical (unpaired) electrons. The number of amides is 1. The van der Waals surface area contributed by atoms with E-state index in [9.17, 15) is 22.0 Å². The fourth-order valence-electron chi connectivity index (χ4n) is 2.75. The van der Waals surface area contributed by atoms with Gasteiger partial charge in [-0.05, 0) is 29.8 Å². The van der Waals surface area contributed by atoms with Crippen LogP contribution in [0.1, 0.15) is 5.56 Å². The van der Waals surface area contributed by atoms with Crippen molar-refractivity contribution >= 4 is 15.9 Å². The van der Waals surface area contributed by atoms with Gasteiger partial charge < -0.3 is 9.88 Å². The molecule has 1 N–H and O–H groups in total. The molecule has 0 spiro atoms. The molecule has 2 heterocycles. The topological polar surface area (TPSA) is 73.5 Å². The Kier molecular flexibility index (Phi) is 4.87. The van der Waals surface area contributed by atoms with Crippen LogP contribution in [0.5, 0.6) is 0 Å². The molecule has 0 aliphatic carbocycles. The molecule has 2 aromatic rings. The molecule has 1 aliphatic rings. The molecule has 9 heteroatoms. The zero-order valence-electron chi connectivity index (χ0n) is 13.3. The lowest BCUT2D eigenvalue weighted by molar-refractivity contribution is -0.131. The predicted octanol–water partition coefficient (Wildman–Crippen LogP) is 1.37. The minimum Gasteiger partial charge on any atom is -0.367 e. The second kappa shape index (κ2) is 6.93. The van der Waals surface area contributed by atoms with Crippen molar-refractivity contribution in [2.45, 2.75) is 11.3 Å². The first-order chi connectivity index (χ1) is 11.9. The summed E-state index contributed by atoms with van der Waals surface area (Å²) in [6, 6.07) is 4.13. The smallest absolute Gasteiger partial charge is 0.246 e. The minimum atomic E-state index is -4.14. The van der Waals surface area contributed by atoms with E-state index < -0.39 is 26.6 Å². The molecule has 25 heavy (non-hydrogen) atoms. The van der Waals surface area contributed by atoms with Gasteiger partial charge in [0.1, 0.15) is 16.5 Å². The standard InChI is InChI=1S/C16H17F2N3O3S/c17-13-1-2-14(18)15(10-13)25(23,24)21-7-5-20(6-8-21)16(22)9-12-3-4-19-11-12/h1-4,10-11,19H,5-9H2. The highest BCUT2D eigenvalue weighted by Crippen LogP contribution is 2.22. The number of benzene rings is 1. The van der Waals surface area contributed by atoms with Crippen LogP contribution in [-0.4, -0.2) is 54.7 Å². The molecule has 1 aliphatic heterocycles. The molecular weight excluding hydrogens is 352 g/mol. The lowest BCUT2D eigenvalue weighted by atomic mass is 10.2. The molecule has 1 aromatic heterocycles. The van der Waals surface area contributed by atoms with Crippen molar-refractivity contribution in [2.75, 3.05) is 26.2 Å². The van der Waals surface area contributed by atoms with Crippen molar-refractivity contribution in [3.05, 3.63) is 53.9 Å². The fourth-order valence-corrected chi connectivity index (χ4v) is 4.24. The van der Waals surface area contributed by atoms with Crippen LogP contribution < -0.4 is 0 Å². The maximum absolute atomic E-state index is 13.8. The van der Waals surface area contributed by atoms with Crippen LogP contribution in [0.2, 0.25) is 0 Å². The molecule has 1 fully saturated rings. The number of hydrogen-bond donors (Lipinski definition) is 1. The summed E-state index contributed by atoms with van der Waals surface area (Å²) in [6.07, 6.45) is 3.68. The largest absolute Gasteiger partial charge is 0.367 e. The van der Waals surface area contributed by atoms with E-state index >= 15 is 0 Å². The van der Waals surface area contributed by atoms with Crippen molar-refractivity contribution in [1.82, 2.24) is 14.2 Å². The van der Waals surface area contributed by atoms with Gasteiger partial charge in [0.05, 0.1) is 6.42 Å². The number of sulfonamides is 1. The zero-order valence-corrected chi connectivity index (χ0v) is 14.1. The highest BCUT2D eigenvalue weighted by molar-refractivity contribution is 7.89. The van der Waals surface area contributed by atoms with E-state index in [1.54, 1.807) is 23.4 Å². The van der Waals surface area contributed by atoms with Crippen molar-refractivity contribution in [2.24, 2.45) is 0 Å². The highest BCUT2D eigenvalue weighted by Gasteiger charge is 2.32. The summed E-state index contributed by atoms with van der Waals surface area (Å²) in [5, 5.41) is 0. The number of aromatic nitrogens is 1. The average molecular weight is 369 g/mol. The van der Waals surface area contributed by atoms with Crippen LogP contribution in [-0.2, 0) is 21.2 Å². The number of nitrogens with zero attached hydrogens (tertiary/aromatic N) is 2. The van der Waals surface area contributed by atoms with Crippen LogP contribution in [0.15, 0.2) is 41.6 Å². The predicted molar refractivity (Wildman–Crippen MR) is 86.2 cm³/mol. The Bertz CT molecular complexity index is 861. The van der Waals surface area contributed by atoms with Gasteiger partial charge in [0.2, 0.25) is 15.9 Å². The lowest BCUT2D eigenvalue weighted by Crippen LogP contribution is -2.51. The second-order valence-corrected chi connectivity index (χ2v) is 7.66. The van der Waals surface area contributed by atoms with Crippen LogP contribution in [0, 0.1) is 11.6 Å². The van der Waals surface area contributed by atoms with Gasteiger partial charge in [-0.15, -0.1) is 0 Å². The van der Waals surface area contributed by atoms with Crippen LogP contribution in [0.25, 0.3) is 0 Å². The molecule has 3 rings (SSSR count). The van der Waals surface area contributed by atoms with E-state index in [1.165, 1.54) is 0 Å². The number of carbonyl (C=O) groups excluding carboxylic acids is 1. The SMILES string of the molecule is O=C(Cc1cc[nH]c1)N1CCN(S(=O)(=O)c2cc(F)ccc2F)CC1. The molecule has 0 saturated carbocycles. The summed E-state index contributed by atoms with van der Waals surface area (Å²) in [7, 11) is -4.14. The molecule has 1 saturated heterocycles. The van der Waals surface area contributed by atoms with Gasteiger partial charge in [0.25, 0.3) is 0 Å². The van der Waals surface area contributed by atoms with E-state index in [0.29, 0.717) is 6.07 Å². The first-order valence-corrected chi connectivity index (χ1v) is 9.16. The number of halogens is 2. The number of H-pyrrole nitrogens is 1. The van der Waals surface area contributed by atoms with Gasteiger partial charge in [0.15, 0.2) is 0 Å². The molecule has 0 atom stereocenters. The summed E-state index contributed by atoms with van der Waals surface area (Å²) in [5.41, 5.74) is 0.849. The zero-order chi connectivity index (χ0) is 18.0. The summed E-state index contributed by atoms with van der Waals surface area (Å²) in [4.78, 5) is 16.0. The van der Waals surface area contributed by atoms with Gasteiger partial charge in [-0.25, -0.2) is 17.2 Å². The first-order valence-electron chi connectivity index (χ1n) is 7.72. The first kappa shape index (κ1) is 17.6. The van der Waals surface area contributed by atoms with Crippen molar-refractivity contribution in [3.63, 3.8) is 0 Å². The normalized spacial score (nSPS) is 16.2. The lowest BCUT2D eigenvalue weighted by Gasteiger charge is -2.34. The van der Waals surface area contributed by atoms with Gasteiger partial charge >= 0.3 is 0 Å². The van der Waals surface area contributed by atoms with Crippen molar-refractivity contribution in [1.29, 1.82) is 0 Å². The Balaban J connectivity index is 1.67. The van der Waals surface area contributed by atoms with Gasteiger partial charge in [-0.3, -0.25) is 4.79 Å². The van der Waals surface area contributed by atoms with E-state index in [-0.39, 0.29) is 38.5 Å². The molecule has 0 bridgehead atoms. The molecule has 134 valence electrons. The van der Waals surface area contributed by atoms with Crippen molar-refractivity contribution < 1.29 is 22.0 Å². The minimum absolute atomic E-state index is 0.0389. The Hall–Kier alpha value is -2.26. The molecule has 6 nitrogen and oxygen atoms in total. The number of aromatic amines is 1. The van der Waals surface area contributed by atoms with Crippen LogP contribution in [0.4, 0.5) is 8.78 Å². The van der Waals surface area contributed by atoms with Gasteiger partial charge in [-0.1, -0.05) is 0 Å². The van der Waals surface area contributed by atoms with E-state index in [0.717, 1.165) is 22.0 Å². The Morgan fingerprint density at radius 2 is 1.84 bits per heavy atom. The third-order valence-corrected chi connectivity index (χ3v) is 6.03. The highest BCUT2D eigenvalue weighted by atomic mass is 32.2. The Labute approximate surface area is 144 Å². The summed E-state index contributed by atoms with van der Waals surface area (Å²) in [6.45, 7) is 0.493. The van der Waals surface area contributed by atoms with E-state index in [2.05, 4.69) is 4.98 Å². The maximum atomic E-state index is 13.8. The fraction of sp³-hybridized carbons (Fsp3) is 0.312. The number of nitrogens with one attached hydrogen (secondary N) is 1. The summed E-state index contributed by atoms with van der Waals surface area (Å²) in [5.74, 6) is -1.92. The quantitative estimate of drug-likeness (QED) is 0.885. The van der Waals surface area contributed by atoms with E-state index in [4.69, 9.17) is 0 Å². The van der Waals surface area contributed by atoms with E-state index in [1.807, 2.05) is 0 Å². The molecule has 0 unspecified atom stereocenters. The second-order valence-electron chi connectivity index (χ2n) is 5.76. The summed E-state index contributed by atoms with van der Waals surface area (Å²) < 4.78 is 53.2. The number of rotatable bonds is 4. The van der Waals surface area contributed by atoms with Crippen LogP contribution >= 0.6 is 0 Å². The maximum Gasteiger partial charge on any atom is 0.246 e. The molecule has 1 aromatic carbocycles. The average Bonchev–Trinajstić information content (AvgIpc) is 3.10. The van der Waals surface area contributed by atoms with Gasteiger partial charge in [-0.2, -0.15) is 4.31 Å². The van der Waals surface area contributed by atoms with Gasteiger partial charge in [0, 0.05) is 38.6 Å². The monoisotopic (exact) mass is 369 g/mol. The third-order valence-electron chi connectivity index (χ3n) is 4.12.